The Kier molecular flexibility index (Phi) is 21.6. The van der Waals surface area contributed by atoms with Gasteiger partial charge in [0.1, 0.15) is 0 Å². The third-order valence-electron chi connectivity index (χ3n) is 5.22. The van der Waals surface area contributed by atoms with E-state index in [9.17, 15) is 8.76 Å². The van der Waals surface area contributed by atoms with Crippen LogP contribution >= 0.6 is 0 Å². The van der Waals surface area contributed by atoms with Crippen molar-refractivity contribution < 1.29 is 56.1 Å². The average molecular weight is 581 g/mol. The Morgan fingerprint density at radius 3 is 0.897 bits per heavy atom. The molecule has 0 radical (unpaired) electrons. The number of ether oxygens (including phenoxy) is 10. The summed E-state index contributed by atoms with van der Waals surface area (Å²) >= 11 is -2.17. The van der Waals surface area contributed by atoms with Gasteiger partial charge in [0.25, 0.3) is 0 Å². The van der Waals surface area contributed by atoms with Crippen LogP contribution in [0.5, 0.6) is 0 Å². The molecule has 1 aromatic rings. The Morgan fingerprint density at radius 1 is 0.436 bits per heavy atom. The first-order chi connectivity index (χ1) is 19.3. The van der Waals surface area contributed by atoms with Gasteiger partial charge >= 0.3 is 0 Å². The van der Waals surface area contributed by atoms with Gasteiger partial charge in [-0.1, -0.05) is 18.2 Å². The molecule has 226 valence electrons. The van der Waals surface area contributed by atoms with Crippen molar-refractivity contribution in [1.29, 1.82) is 0 Å². The van der Waals surface area contributed by atoms with Gasteiger partial charge in [-0.15, -0.1) is 0 Å². The third-order valence-corrected chi connectivity index (χ3v) is 6.09. The van der Waals surface area contributed by atoms with Crippen molar-refractivity contribution >= 4 is 11.1 Å². The van der Waals surface area contributed by atoms with Crippen molar-refractivity contribution in [2.24, 2.45) is 0 Å². The summed E-state index contributed by atoms with van der Waals surface area (Å²) in [6.45, 7) is 8.54. The quantitative estimate of drug-likeness (QED) is 0.483. The van der Waals surface area contributed by atoms with E-state index in [4.69, 9.17) is 47.4 Å². The molecular weight excluding hydrogens is 536 g/mol. The molecule has 0 amide bonds. The minimum atomic E-state index is -2.17. The third kappa shape index (κ3) is 18.1. The zero-order chi connectivity index (χ0) is 27.6. The summed E-state index contributed by atoms with van der Waals surface area (Å²) in [4.78, 5) is 0.310. The fourth-order valence-electron chi connectivity index (χ4n) is 3.33. The highest BCUT2D eigenvalue weighted by molar-refractivity contribution is 7.79. The summed E-state index contributed by atoms with van der Waals surface area (Å²) in [5, 5.41) is 0. The topological polar surface area (TPSA) is 130 Å². The number of fused-ring (bicyclic) bond motifs is 2. The van der Waals surface area contributed by atoms with Gasteiger partial charge in [-0.3, -0.25) is 0 Å². The van der Waals surface area contributed by atoms with Crippen molar-refractivity contribution in [3.8, 4) is 0 Å². The number of rotatable bonds is 1. The molecule has 1 heterocycles. The highest BCUT2D eigenvalue weighted by atomic mass is 32.2. The molecule has 13 heteroatoms. The monoisotopic (exact) mass is 580 g/mol. The molecule has 2 bridgehead atoms. The second-order valence-electron chi connectivity index (χ2n) is 8.16. The van der Waals surface area contributed by atoms with Crippen LogP contribution in [0.25, 0.3) is 0 Å². The van der Waals surface area contributed by atoms with Gasteiger partial charge in [-0.2, -0.15) is 0 Å². The van der Waals surface area contributed by atoms with Gasteiger partial charge in [-0.05, 0) is 11.1 Å². The summed E-state index contributed by atoms with van der Waals surface area (Å²) in [5.74, 6) is 0. The van der Waals surface area contributed by atoms with Crippen molar-refractivity contribution in [3.05, 3.63) is 29.3 Å². The molecule has 1 N–H and O–H groups in total. The standard InChI is InChI=1S/C26H44O12S/c27-39(28)26-24-2-1-3-25(26)23-38-21-19-36-17-15-34-13-11-32-9-7-30-5-4-29-6-8-31-10-12-33-14-16-35-18-20-37-22-24/h1-3H,4-23H2,(H,27,28). The molecule has 0 spiro atoms. The van der Waals surface area contributed by atoms with E-state index < -0.39 is 11.1 Å². The van der Waals surface area contributed by atoms with Gasteiger partial charge in [0, 0.05) is 0 Å². The van der Waals surface area contributed by atoms with E-state index in [0.717, 1.165) is 0 Å². The van der Waals surface area contributed by atoms with Crippen LogP contribution in [0.15, 0.2) is 23.1 Å². The number of hydrogen-bond acceptors (Lipinski definition) is 11. The first-order valence-corrected chi connectivity index (χ1v) is 14.4. The molecule has 1 aliphatic heterocycles. The van der Waals surface area contributed by atoms with E-state index in [0.29, 0.717) is 135 Å². The molecule has 0 saturated carbocycles. The first-order valence-electron chi connectivity index (χ1n) is 13.3. The Morgan fingerprint density at radius 2 is 0.667 bits per heavy atom. The van der Waals surface area contributed by atoms with Crippen LogP contribution in [0.4, 0.5) is 0 Å². The van der Waals surface area contributed by atoms with E-state index in [1.165, 1.54) is 0 Å². The predicted molar refractivity (Wildman–Crippen MR) is 141 cm³/mol. The summed E-state index contributed by atoms with van der Waals surface area (Å²) in [6, 6.07) is 5.35. The summed E-state index contributed by atoms with van der Waals surface area (Å²) in [7, 11) is 0. The second kappa shape index (κ2) is 24.7. The van der Waals surface area contributed by atoms with Crippen LogP contribution < -0.4 is 0 Å². The zero-order valence-electron chi connectivity index (χ0n) is 22.7. The summed E-state index contributed by atoms with van der Waals surface area (Å²) in [6.07, 6.45) is 0. The normalized spacial score (nSPS) is 22.0. The molecule has 0 fully saturated rings. The Balaban J connectivity index is 1.70. The Hall–Kier alpha value is -1.07. The van der Waals surface area contributed by atoms with Crippen LogP contribution in [-0.4, -0.2) is 128 Å². The van der Waals surface area contributed by atoms with Crippen molar-refractivity contribution in [3.63, 3.8) is 0 Å². The lowest BCUT2D eigenvalue weighted by atomic mass is 10.1. The van der Waals surface area contributed by atoms with Gasteiger partial charge in [0.15, 0.2) is 11.1 Å². The number of hydrogen-bond donors (Lipinski definition) is 1. The van der Waals surface area contributed by atoms with Gasteiger partial charge < -0.3 is 51.9 Å². The first kappa shape index (κ1) is 34.1. The molecule has 0 aliphatic carbocycles. The molecule has 0 aromatic heterocycles. The van der Waals surface area contributed by atoms with Crippen molar-refractivity contribution in [2.75, 3.05) is 119 Å². The lowest BCUT2D eigenvalue weighted by Crippen LogP contribution is -2.15. The van der Waals surface area contributed by atoms with E-state index in [1.807, 2.05) is 6.07 Å². The van der Waals surface area contributed by atoms with E-state index in [1.54, 1.807) is 12.1 Å². The summed E-state index contributed by atoms with van der Waals surface area (Å²) in [5.41, 5.74) is 1.27. The smallest absolute Gasteiger partial charge is 0.187 e. The highest BCUT2D eigenvalue weighted by Gasteiger charge is 2.14. The SMILES string of the molecule is O=S(O)c1c2cccc1COCCOCCOCCOCCOCCOCCOCCOCCOCCOC2. The molecule has 1 aliphatic rings. The minimum absolute atomic E-state index is 0.192. The average Bonchev–Trinajstić information content (AvgIpc) is 2.93. The largest absolute Gasteiger partial charge is 0.377 e. The number of benzene rings is 1. The van der Waals surface area contributed by atoms with Crippen LogP contribution in [-0.2, 0) is 71.7 Å². The predicted octanol–water partition coefficient (Wildman–Crippen LogP) is 1.45. The lowest BCUT2D eigenvalue weighted by molar-refractivity contribution is -0.0268. The summed E-state index contributed by atoms with van der Waals surface area (Å²) < 4.78 is 76.9. The zero-order valence-corrected chi connectivity index (χ0v) is 23.5. The second-order valence-corrected chi connectivity index (χ2v) is 9.07. The molecule has 1 atom stereocenters. The van der Waals surface area contributed by atoms with E-state index >= 15 is 0 Å². The molecule has 0 saturated heterocycles. The molecule has 1 aromatic carbocycles. The van der Waals surface area contributed by atoms with Crippen molar-refractivity contribution in [2.45, 2.75) is 18.1 Å². The highest BCUT2D eigenvalue weighted by Crippen LogP contribution is 2.20. The maximum Gasteiger partial charge on any atom is 0.187 e. The molecule has 39 heavy (non-hydrogen) atoms. The van der Waals surface area contributed by atoms with Crippen LogP contribution in [0, 0.1) is 0 Å². The van der Waals surface area contributed by atoms with Gasteiger partial charge in [-0.25, -0.2) is 4.21 Å². The van der Waals surface area contributed by atoms with Gasteiger partial charge in [0.05, 0.1) is 137 Å². The van der Waals surface area contributed by atoms with Crippen LogP contribution in [0.3, 0.4) is 0 Å². The van der Waals surface area contributed by atoms with Crippen LogP contribution in [0.2, 0.25) is 0 Å². The molecule has 2 rings (SSSR count). The van der Waals surface area contributed by atoms with E-state index in [2.05, 4.69) is 0 Å². The van der Waals surface area contributed by atoms with Crippen molar-refractivity contribution in [1.82, 2.24) is 0 Å². The van der Waals surface area contributed by atoms with Crippen LogP contribution in [0.1, 0.15) is 11.1 Å². The fraction of sp³-hybridized carbons (Fsp3) is 0.769. The maximum atomic E-state index is 12.0. The fourth-order valence-corrected chi connectivity index (χ4v) is 4.03. The Bertz CT molecular complexity index is 689. The molecule has 12 nitrogen and oxygen atoms in total. The Labute approximate surface area is 233 Å². The maximum absolute atomic E-state index is 12.0. The van der Waals surface area contributed by atoms with E-state index in [-0.39, 0.29) is 13.2 Å². The molecular formula is C26H44O12S. The van der Waals surface area contributed by atoms with Gasteiger partial charge in [0.2, 0.25) is 0 Å². The minimum Gasteiger partial charge on any atom is -0.377 e. The lowest BCUT2D eigenvalue weighted by Gasteiger charge is -2.13. The molecule has 1 unspecified atom stereocenters.